The lowest BCUT2D eigenvalue weighted by atomic mass is 10.0. The van der Waals surface area contributed by atoms with Crippen molar-refractivity contribution in [2.75, 3.05) is 6.61 Å². The Bertz CT molecular complexity index is 311. The van der Waals surface area contributed by atoms with Gasteiger partial charge in [-0.3, -0.25) is 4.68 Å². The van der Waals surface area contributed by atoms with Gasteiger partial charge in [0.2, 0.25) is 0 Å². The number of hydrogen-bond donors (Lipinski definition) is 0. The Labute approximate surface area is 84.1 Å². The second kappa shape index (κ2) is 3.39. The van der Waals surface area contributed by atoms with Crippen LogP contribution >= 0.6 is 0 Å². The molecule has 1 aliphatic carbocycles. The van der Waals surface area contributed by atoms with Gasteiger partial charge in [-0.1, -0.05) is 0 Å². The van der Waals surface area contributed by atoms with Crippen LogP contribution in [0.4, 0.5) is 0 Å². The predicted octanol–water partition coefficient (Wildman–Crippen LogP) is 2.46. The minimum atomic E-state index is 0.316. The minimum absolute atomic E-state index is 0.316. The van der Waals surface area contributed by atoms with E-state index in [1.54, 1.807) is 0 Å². The predicted molar refractivity (Wildman–Crippen MR) is 53.0 cm³/mol. The van der Waals surface area contributed by atoms with Crippen molar-refractivity contribution in [3.05, 3.63) is 18.0 Å². The van der Waals surface area contributed by atoms with Gasteiger partial charge in [-0.05, 0) is 32.1 Å². The maximum Gasteiger partial charge on any atom is 0.0855 e. The Morgan fingerprint density at radius 2 is 2.21 bits per heavy atom. The number of hydrogen-bond acceptors (Lipinski definition) is 2. The van der Waals surface area contributed by atoms with E-state index in [0.717, 1.165) is 13.0 Å². The van der Waals surface area contributed by atoms with Crippen LogP contribution in [0.15, 0.2) is 12.4 Å². The number of ether oxygens (including phenoxy) is 1. The van der Waals surface area contributed by atoms with Gasteiger partial charge in [-0.25, -0.2) is 0 Å². The molecule has 1 aliphatic heterocycles. The maximum absolute atomic E-state index is 5.72. The van der Waals surface area contributed by atoms with Crippen molar-refractivity contribution in [2.45, 2.75) is 44.2 Å². The van der Waals surface area contributed by atoms with Crippen LogP contribution in [0.2, 0.25) is 0 Å². The molecule has 0 bridgehead atoms. The Kier molecular flexibility index (Phi) is 2.05. The molecule has 0 radical (unpaired) electrons. The third kappa shape index (κ3) is 1.57. The molecule has 0 aromatic carbocycles. The Balaban J connectivity index is 1.74. The molecule has 3 heteroatoms. The fourth-order valence-electron chi connectivity index (χ4n) is 2.06. The fourth-order valence-corrected chi connectivity index (χ4v) is 2.06. The van der Waals surface area contributed by atoms with E-state index in [9.17, 15) is 0 Å². The summed E-state index contributed by atoms with van der Waals surface area (Å²) in [6.45, 7) is 0.916. The quantitative estimate of drug-likeness (QED) is 0.719. The molecule has 2 aliphatic rings. The molecule has 0 spiro atoms. The van der Waals surface area contributed by atoms with Gasteiger partial charge in [0, 0.05) is 18.4 Å². The van der Waals surface area contributed by atoms with E-state index in [4.69, 9.17) is 4.74 Å². The van der Waals surface area contributed by atoms with E-state index in [2.05, 4.69) is 16.0 Å². The zero-order valence-corrected chi connectivity index (χ0v) is 8.35. The van der Waals surface area contributed by atoms with E-state index in [1.807, 2.05) is 6.20 Å². The van der Waals surface area contributed by atoms with E-state index >= 15 is 0 Å². The van der Waals surface area contributed by atoms with Gasteiger partial charge in [-0.2, -0.15) is 5.10 Å². The molecule has 1 atom stereocenters. The zero-order chi connectivity index (χ0) is 9.38. The summed E-state index contributed by atoms with van der Waals surface area (Å²) in [7, 11) is 0. The van der Waals surface area contributed by atoms with Gasteiger partial charge >= 0.3 is 0 Å². The minimum Gasteiger partial charge on any atom is -0.373 e. The van der Waals surface area contributed by atoms with Crippen LogP contribution in [-0.4, -0.2) is 16.4 Å². The molecule has 0 amide bonds. The van der Waals surface area contributed by atoms with Crippen LogP contribution in [-0.2, 0) is 4.74 Å². The molecule has 0 N–H and O–H groups in total. The second-order valence-electron chi connectivity index (χ2n) is 4.34. The van der Waals surface area contributed by atoms with Gasteiger partial charge in [0.25, 0.3) is 0 Å². The van der Waals surface area contributed by atoms with Crippen molar-refractivity contribution in [3.63, 3.8) is 0 Å². The number of rotatable bonds is 2. The summed E-state index contributed by atoms with van der Waals surface area (Å²) in [5.74, 6) is 0. The lowest BCUT2D eigenvalue weighted by molar-refractivity contribution is 0.0149. The SMILES string of the molecule is c1nn(C2CC2)cc1[C@H]1CCCCO1. The highest BCUT2D eigenvalue weighted by atomic mass is 16.5. The highest BCUT2D eigenvalue weighted by Crippen LogP contribution is 2.35. The van der Waals surface area contributed by atoms with Crippen LogP contribution < -0.4 is 0 Å². The van der Waals surface area contributed by atoms with Crippen molar-refractivity contribution in [1.29, 1.82) is 0 Å². The number of nitrogens with zero attached hydrogens (tertiary/aromatic N) is 2. The molecule has 0 unspecified atom stereocenters. The van der Waals surface area contributed by atoms with Gasteiger partial charge < -0.3 is 4.74 Å². The molecular weight excluding hydrogens is 176 g/mol. The Morgan fingerprint density at radius 1 is 1.29 bits per heavy atom. The molecule has 3 rings (SSSR count). The van der Waals surface area contributed by atoms with Crippen molar-refractivity contribution >= 4 is 0 Å². The Hall–Kier alpha value is -0.830. The van der Waals surface area contributed by atoms with E-state index < -0.39 is 0 Å². The molecular formula is C11H16N2O. The molecule has 1 aromatic rings. The average molecular weight is 192 g/mol. The summed E-state index contributed by atoms with van der Waals surface area (Å²) < 4.78 is 7.83. The molecule has 1 aromatic heterocycles. The summed E-state index contributed by atoms with van der Waals surface area (Å²) in [5.41, 5.74) is 1.27. The maximum atomic E-state index is 5.72. The monoisotopic (exact) mass is 192 g/mol. The smallest absolute Gasteiger partial charge is 0.0855 e. The third-order valence-corrected chi connectivity index (χ3v) is 3.09. The summed E-state index contributed by atoms with van der Waals surface area (Å²) >= 11 is 0. The van der Waals surface area contributed by atoms with Crippen LogP contribution in [0.5, 0.6) is 0 Å². The van der Waals surface area contributed by atoms with Gasteiger partial charge in [0.1, 0.15) is 0 Å². The average Bonchev–Trinajstić information content (AvgIpc) is 2.98. The van der Waals surface area contributed by atoms with Crippen LogP contribution in [0, 0.1) is 0 Å². The lowest BCUT2D eigenvalue weighted by Crippen LogP contribution is -2.10. The van der Waals surface area contributed by atoms with Crippen molar-refractivity contribution in [2.24, 2.45) is 0 Å². The van der Waals surface area contributed by atoms with E-state index in [-0.39, 0.29) is 0 Å². The summed E-state index contributed by atoms with van der Waals surface area (Å²) in [5, 5.41) is 4.39. The molecule has 3 nitrogen and oxygen atoms in total. The highest BCUT2D eigenvalue weighted by molar-refractivity contribution is 5.10. The first-order chi connectivity index (χ1) is 6.93. The van der Waals surface area contributed by atoms with Crippen LogP contribution in [0.25, 0.3) is 0 Å². The fraction of sp³-hybridized carbons (Fsp3) is 0.727. The van der Waals surface area contributed by atoms with Crippen molar-refractivity contribution < 1.29 is 4.74 Å². The first kappa shape index (κ1) is 8.48. The van der Waals surface area contributed by atoms with Gasteiger partial charge in [0.05, 0.1) is 18.3 Å². The molecule has 76 valence electrons. The van der Waals surface area contributed by atoms with Crippen molar-refractivity contribution in [3.8, 4) is 0 Å². The van der Waals surface area contributed by atoms with Crippen LogP contribution in [0.1, 0.15) is 49.8 Å². The first-order valence-electron chi connectivity index (χ1n) is 5.59. The molecule has 1 saturated heterocycles. The highest BCUT2D eigenvalue weighted by Gasteiger charge is 2.25. The number of aromatic nitrogens is 2. The second-order valence-corrected chi connectivity index (χ2v) is 4.34. The topological polar surface area (TPSA) is 27.1 Å². The zero-order valence-electron chi connectivity index (χ0n) is 8.35. The first-order valence-corrected chi connectivity index (χ1v) is 5.59. The van der Waals surface area contributed by atoms with Crippen molar-refractivity contribution in [1.82, 2.24) is 9.78 Å². The Morgan fingerprint density at radius 3 is 2.93 bits per heavy atom. The van der Waals surface area contributed by atoms with Gasteiger partial charge in [0.15, 0.2) is 0 Å². The summed E-state index contributed by atoms with van der Waals surface area (Å²) in [6, 6.07) is 0.687. The van der Waals surface area contributed by atoms with Gasteiger partial charge in [-0.15, -0.1) is 0 Å². The normalized spacial score (nSPS) is 27.9. The largest absolute Gasteiger partial charge is 0.373 e. The summed E-state index contributed by atoms with van der Waals surface area (Å²) in [4.78, 5) is 0. The molecule has 1 saturated carbocycles. The molecule has 2 fully saturated rings. The standard InChI is InChI=1S/C11H16N2O/c1-2-6-14-11(3-1)9-7-12-13(8-9)10-4-5-10/h7-8,10-11H,1-6H2/t11-/m1/s1. The van der Waals surface area contributed by atoms with Crippen LogP contribution in [0.3, 0.4) is 0 Å². The van der Waals surface area contributed by atoms with E-state index in [0.29, 0.717) is 12.1 Å². The summed E-state index contributed by atoms with van der Waals surface area (Å²) in [6.07, 6.45) is 10.7. The lowest BCUT2D eigenvalue weighted by Gasteiger charge is -2.21. The third-order valence-electron chi connectivity index (χ3n) is 3.09. The molecule has 14 heavy (non-hydrogen) atoms. The van der Waals surface area contributed by atoms with E-state index in [1.165, 1.54) is 31.2 Å². The molecule has 2 heterocycles.